The fourth-order valence-electron chi connectivity index (χ4n) is 2.14. The first kappa shape index (κ1) is 11.9. The smallest absolute Gasteiger partial charge is 0.335 e. The molecule has 0 spiro atoms. The Kier molecular flexibility index (Phi) is 2.45. The van der Waals surface area contributed by atoms with Crippen LogP contribution in [0.15, 0.2) is 28.7 Å². The molecule has 3 rings (SSSR count). The number of hydrogen-bond acceptors (Lipinski definition) is 4. The first-order valence-corrected chi connectivity index (χ1v) is 6.14. The van der Waals surface area contributed by atoms with E-state index in [1.54, 1.807) is 12.1 Å². The maximum atomic E-state index is 10.8. The number of benzene rings is 1. The Balaban J connectivity index is 1.85. The summed E-state index contributed by atoms with van der Waals surface area (Å²) in [5.74, 6) is 0.501. The van der Waals surface area contributed by atoms with E-state index in [0.29, 0.717) is 17.7 Å². The van der Waals surface area contributed by atoms with E-state index in [9.17, 15) is 4.79 Å². The molecule has 1 unspecified atom stereocenters. The van der Waals surface area contributed by atoms with Gasteiger partial charge < -0.3 is 9.52 Å². The number of aromatic nitrogens is 2. The standard InChI is InChI=1S/C14H14N2O3/c1-14(2)7-10(14)12-16-15-11(19-12)8-3-5-9(6-4-8)13(17)18/h3-6,10H,7H2,1-2H3,(H,17,18). The molecule has 1 N–H and O–H groups in total. The molecule has 1 aromatic heterocycles. The highest BCUT2D eigenvalue weighted by Crippen LogP contribution is 2.58. The van der Waals surface area contributed by atoms with Crippen LogP contribution >= 0.6 is 0 Å². The lowest BCUT2D eigenvalue weighted by atomic mass is 10.1. The van der Waals surface area contributed by atoms with E-state index >= 15 is 0 Å². The zero-order valence-corrected chi connectivity index (χ0v) is 10.8. The number of aromatic carboxylic acids is 1. The molecule has 5 nitrogen and oxygen atoms in total. The minimum atomic E-state index is -0.947. The van der Waals surface area contributed by atoms with E-state index in [2.05, 4.69) is 24.0 Å². The molecule has 1 aliphatic rings. The molecule has 5 heteroatoms. The van der Waals surface area contributed by atoms with Crippen LogP contribution in [0.4, 0.5) is 0 Å². The van der Waals surface area contributed by atoms with Gasteiger partial charge in [0, 0.05) is 11.5 Å². The number of hydrogen-bond donors (Lipinski definition) is 1. The Labute approximate surface area is 110 Å². The summed E-state index contributed by atoms with van der Waals surface area (Å²) in [6.07, 6.45) is 1.06. The maximum absolute atomic E-state index is 10.8. The Hall–Kier alpha value is -2.17. The summed E-state index contributed by atoms with van der Waals surface area (Å²) < 4.78 is 5.66. The summed E-state index contributed by atoms with van der Waals surface area (Å²) in [4.78, 5) is 10.8. The molecule has 0 aliphatic heterocycles. The lowest BCUT2D eigenvalue weighted by Gasteiger charge is -1.98. The molecule has 0 radical (unpaired) electrons. The summed E-state index contributed by atoms with van der Waals surface area (Å²) in [7, 11) is 0. The van der Waals surface area contributed by atoms with Gasteiger partial charge in [-0.1, -0.05) is 13.8 Å². The van der Waals surface area contributed by atoms with Crippen molar-refractivity contribution in [3.05, 3.63) is 35.7 Å². The van der Waals surface area contributed by atoms with Crippen LogP contribution in [-0.4, -0.2) is 21.3 Å². The molecule has 1 fully saturated rings. The predicted octanol–water partition coefficient (Wildman–Crippen LogP) is 2.95. The third-order valence-corrected chi connectivity index (χ3v) is 3.63. The van der Waals surface area contributed by atoms with Crippen molar-refractivity contribution in [3.63, 3.8) is 0 Å². The van der Waals surface area contributed by atoms with Crippen molar-refractivity contribution in [2.24, 2.45) is 5.41 Å². The van der Waals surface area contributed by atoms with Gasteiger partial charge in [0.2, 0.25) is 11.8 Å². The highest BCUT2D eigenvalue weighted by atomic mass is 16.4. The Bertz CT molecular complexity index is 628. The van der Waals surface area contributed by atoms with Crippen molar-refractivity contribution in [2.45, 2.75) is 26.2 Å². The summed E-state index contributed by atoms with van der Waals surface area (Å²) in [6.45, 7) is 4.34. The van der Waals surface area contributed by atoms with Crippen molar-refractivity contribution in [3.8, 4) is 11.5 Å². The normalized spacial score (nSPS) is 20.2. The van der Waals surface area contributed by atoms with Gasteiger partial charge in [-0.3, -0.25) is 0 Å². The Morgan fingerprint density at radius 2 is 1.95 bits per heavy atom. The fourth-order valence-corrected chi connectivity index (χ4v) is 2.14. The first-order valence-electron chi connectivity index (χ1n) is 6.14. The third-order valence-electron chi connectivity index (χ3n) is 3.63. The summed E-state index contributed by atoms with van der Waals surface area (Å²) in [5, 5.41) is 16.9. The van der Waals surface area contributed by atoms with Crippen molar-refractivity contribution >= 4 is 5.97 Å². The Morgan fingerprint density at radius 3 is 2.47 bits per heavy atom. The second kappa shape index (κ2) is 3.91. The lowest BCUT2D eigenvalue weighted by molar-refractivity contribution is 0.0697. The molecule has 1 aromatic carbocycles. The van der Waals surface area contributed by atoms with Crippen molar-refractivity contribution < 1.29 is 14.3 Å². The molecular weight excluding hydrogens is 244 g/mol. The highest BCUT2D eigenvalue weighted by molar-refractivity contribution is 5.88. The summed E-state index contributed by atoms with van der Waals surface area (Å²) >= 11 is 0. The average molecular weight is 258 g/mol. The summed E-state index contributed by atoms with van der Waals surface area (Å²) in [6, 6.07) is 6.42. The van der Waals surface area contributed by atoms with Crippen molar-refractivity contribution in [2.75, 3.05) is 0 Å². The van der Waals surface area contributed by atoms with Crippen LogP contribution in [0, 0.1) is 5.41 Å². The maximum Gasteiger partial charge on any atom is 0.335 e. The van der Waals surface area contributed by atoms with Gasteiger partial charge in [-0.05, 0) is 36.1 Å². The average Bonchev–Trinajstić information content (AvgIpc) is 2.82. The summed E-state index contributed by atoms with van der Waals surface area (Å²) in [5.41, 5.74) is 1.23. The SMILES string of the molecule is CC1(C)CC1c1nnc(-c2ccc(C(=O)O)cc2)o1. The molecule has 1 atom stereocenters. The second-order valence-corrected chi connectivity index (χ2v) is 5.57. The van der Waals surface area contributed by atoms with Crippen molar-refractivity contribution in [1.82, 2.24) is 10.2 Å². The molecule has 0 amide bonds. The van der Waals surface area contributed by atoms with Crippen LogP contribution in [0.1, 0.15) is 42.4 Å². The molecule has 2 aromatic rings. The van der Waals surface area contributed by atoms with Gasteiger partial charge >= 0.3 is 5.97 Å². The molecule has 19 heavy (non-hydrogen) atoms. The van der Waals surface area contributed by atoms with Crippen LogP contribution < -0.4 is 0 Å². The van der Waals surface area contributed by atoms with Crippen LogP contribution in [0.3, 0.4) is 0 Å². The number of rotatable bonds is 3. The number of carboxylic acid groups (broad SMARTS) is 1. The lowest BCUT2D eigenvalue weighted by Crippen LogP contribution is -1.94. The van der Waals surface area contributed by atoms with Gasteiger partial charge in [-0.15, -0.1) is 10.2 Å². The fraction of sp³-hybridized carbons (Fsp3) is 0.357. The van der Waals surface area contributed by atoms with Crippen LogP contribution in [0.5, 0.6) is 0 Å². The molecule has 1 saturated carbocycles. The van der Waals surface area contributed by atoms with Gasteiger partial charge in [0.1, 0.15) is 0 Å². The third kappa shape index (κ3) is 2.12. The van der Waals surface area contributed by atoms with Gasteiger partial charge in [-0.25, -0.2) is 4.79 Å². The van der Waals surface area contributed by atoms with Crippen LogP contribution in [0.2, 0.25) is 0 Å². The molecule has 1 aliphatic carbocycles. The predicted molar refractivity (Wildman–Crippen MR) is 67.8 cm³/mol. The van der Waals surface area contributed by atoms with Gasteiger partial charge in [0.15, 0.2) is 0 Å². The minimum Gasteiger partial charge on any atom is -0.478 e. The monoisotopic (exact) mass is 258 g/mol. The zero-order valence-electron chi connectivity index (χ0n) is 10.8. The van der Waals surface area contributed by atoms with Gasteiger partial charge in [-0.2, -0.15) is 0 Å². The molecule has 1 heterocycles. The second-order valence-electron chi connectivity index (χ2n) is 5.57. The topological polar surface area (TPSA) is 76.2 Å². The highest BCUT2D eigenvalue weighted by Gasteiger charge is 2.50. The van der Waals surface area contributed by atoms with E-state index in [4.69, 9.17) is 9.52 Å². The number of nitrogens with zero attached hydrogens (tertiary/aromatic N) is 2. The van der Waals surface area contributed by atoms with E-state index in [0.717, 1.165) is 12.0 Å². The van der Waals surface area contributed by atoms with Crippen LogP contribution in [-0.2, 0) is 0 Å². The van der Waals surface area contributed by atoms with Crippen LogP contribution in [0.25, 0.3) is 11.5 Å². The molecule has 98 valence electrons. The molecule has 0 bridgehead atoms. The number of carbonyl (C=O) groups is 1. The molecular formula is C14H14N2O3. The van der Waals surface area contributed by atoms with Crippen molar-refractivity contribution in [1.29, 1.82) is 0 Å². The minimum absolute atomic E-state index is 0.242. The van der Waals surface area contributed by atoms with E-state index in [1.165, 1.54) is 12.1 Å². The first-order chi connectivity index (χ1) is 8.97. The van der Waals surface area contributed by atoms with E-state index in [-0.39, 0.29) is 11.0 Å². The quantitative estimate of drug-likeness (QED) is 0.915. The number of carboxylic acids is 1. The van der Waals surface area contributed by atoms with Gasteiger partial charge in [0.25, 0.3) is 0 Å². The molecule has 0 saturated heterocycles. The zero-order chi connectivity index (χ0) is 13.6. The Morgan fingerprint density at radius 1 is 1.32 bits per heavy atom. The largest absolute Gasteiger partial charge is 0.478 e. The van der Waals surface area contributed by atoms with E-state index in [1.807, 2.05) is 0 Å². The van der Waals surface area contributed by atoms with E-state index < -0.39 is 5.97 Å². The van der Waals surface area contributed by atoms with Gasteiger partial charge in [0.05, 0.1) is 5.56 Å².